The van der Waals surface area contributed by atoms with Crippen molar-refractivity contribution in [3.8, 4) is 6.07 Å². The van der Waals surface area contributed by atoms with Crippen LogP contribution >= 0.6 is 0 Å². The quantitative estimate of drug-likeness (QED) is 0.906. The minimum absolute atomic E-state index is 0.407. The van der Waals surface area contributed by atoms with Crippen LogP contribution < -0.4 is 0 Å². The van der Waals surface area contributed by atoms with E-state index in [-0.39, 0.29) is 0 Å². The van der Waals surface area contributed by atoms with Crippen molar-refractivity contribution >= 4 is 0 Å². The van der Waals surface area contributed by atoms with Gasteiger partial charge in [0.15, 0.2) is 0 Å². The molecule has 1 fully saturated rings. The molecule has 1 aromatic carbocycles. The van der Waals surface area contributed by atoms with Crippen LogP contribution in [0.3, 0.4) is 0 Å². The Morgan fingerprint density at radius 1 is 1.26 bits per heavy atom. The van der Waals surface area contributed by atoms with E-state index in [2.05, 4.69) is 11.0 Å². The van der Waals surface area contributed by atoms with E-state index in [1.807, 2.05) is 38.1 Å². The first kappa shape index (κ1) is 14.0. The molecule has 0 unspecified atom stereocenters. The SMILES string of the molecule is CC(C)(O)C1CCN(Cc2ccc(C#N)cc2)CC1. The molecule has 0 atom stereocenters. The Morgan fingerprint density at radius 3 is 2.32 bits per heavy atom. The van der Waals surface area contributed by atoms with Crippen LogP contribution in [0, 0.1) is 17.2 Å². The van der Waals surface area contributed by atoms with Gasteiger partial charge in [-0.05, 0) is 63.4 Å². The van der Waals surface area contributed by atoms with Gasteiger partial charge in [-0.25, -0.2) is 0 Å². The number of likely N-dealkylation sites (tertiary alicyclic amines) is 1. The Hall–Kier alpha value is -1.37. The van der Waals surface area contributed by atoms with Crippen LogP contribution in [0.4, 0.5) is 0 Å². The molecule has 19 heavy (non-hydrogen) atoms. The zero-order valence-corrected chi connectivity index (χ0v) is 11.8. The van der Waals surface area contributed by atoms with Gasteiger partial charge >= 0.3 is 0 Å². The Bertz CT molecular complexity index is 445. The van der Waals surface area contributed by atoms with Gasteiger partial charge < -0.3 is 5.11 Å². The van der Waals surface area contributed by atoms with Crippen LogP contribution in [0.5, 0.6) is 0 Å². The van der Waals surface area contributed by atoms with Crippen molar-refractivity contribution in [3.05, 3.63) is 35.4 Å². The topological polar surface area (TPSA) is 47.3 Å². The van der Waals surface area contributed by atoms with Crippen LogP contribution in [0.2, 0.25) is 0 Å². The fraction of sp³-hybridized carbons (Fsp3) is 0.562. The van der Waals surface area contributed by atoms with Gasteiger partial charge in [0.2, 0.25) is 0 Å². The Kier molecular flexibility index (Phi) is 4.24. The average Bonchev–Trinajstić information content (AvgIpc) is 2.39. The summed E-state index contributed by atoms with van der Waals surface area (Å²) in [6, 6.07) is 9.94. The van der Waals surface area contributed by atoms with E-state index >= 15 is 0 Å². The highest BCUT2D eigenvalue weighted by atomic mass is 16.3. The second kappa shape index (κ2) is 5.73. The summed E-state index contributed by atoms with van der Waals surface area (Å²) in [5.41, 5.74) is 1.41. The van der Waals surface area contributed by atoms with Gasteiger partial charge in [-0.15, -0.1) is 0 Å². The van der Waals surface area contributed by atoms with Crippen LogP contribution in [0.25, 0.3) is 0 Å². The maximum Gasteiger partial charge on any atom is 0.0991 e. The average molecular weight is 258 g/mol. The predicted octanol–water partition coefficient (Wildman–Crippen LogP) is 2.54. The normalized spacial score (nSPS) is 18.2. The first-order chi connectivity index (χ1) is 8.99. The second-order valence-corrected chi connectivity index (χ2v) is 6.01. The molecular weight excluding hydrogens is 236 g/mol. The molecule has 1 aliphatic rings. The minimum Gasteiger partial charge on any atom is -0.390 e. The lowest BCUT2D eigenvalue weighted by molar-refractivity contribution is -0.0136. The van der Waals surface area contributed by atoms with E-state index in [0.29, 0.717) is 11.5 Å². The Labute approximate surface area is 115 Å². The molecule has 102 valence electrons. The summed E-state index contributed by atoms with van der Waals surface area (Å²) in [6.07, 6.45) is 2.11. The number of benzene rings is 1. The van der Waals surface area contributed by atoms with Crippen LogP contribution in [-0.2, 0) is 6.54 Å². The van der Waals surface area contributed by atoms with Crippen molar-refractivity contribution < 1.29 is 5.11 Å². The predicted molar refractivity (Wildman–Crippen MR) is 75.5 cm³/mol. The van der Waals surface area contributed by atoms with Gasteiger partial charge in [-0.2, -0.15) is 5.26 Å². The molecule has 0 bridgehead atoms. The number of aliphatic hydroxyl groups is 1. The van der Waals surface area contributed by atoms with Crippen LogP contribution in [0.15, 0.2) is 24.3 Å². The van der Waals surface area contributed by atoms with E-state index in [1.165, 1.54) is 5.56 Å². The fourth-order valence-corrected chi connectivity index (χ4v) is 2.74. The maximum absolute atomic E-state index is 10.0. The molecule has 1 aromatic rings. The van der Waals surface area contributed by atoms with Gasteiger partial charge in [0, 0.05) is 6.54 Å². The van der Waals surface area contributed by atoms with Crippen molar-refractivity contribution in [2.24, 2.45) is 5.92 Å². The van der Waals surface area contributed by atoms with Crippen molar-refractivity contribution in [3.63, 3.8) is 0 Å². The van der Waals surface area contributed by atoms with E-state index in [9.17, 15) is 5.11 Å². The minimum atomic E-state index is -0.555. The Morgan fingerprint density at radius 2 is 1.84 bits per heavy atom. The Balaban J connectivity index is 1.87. The third-order valence-corrected chi connectivity index (χ3v) is 4.08. The number of hydrogen-bond acceptors (Lipinski definition) is 3. The number of nitriles is 1. The molecular formula is C16H22N2O. The van der Waals surface area contributed by atoms with Gasteiger partial charge in [0.25, 0.3) is 0 Å². The summed E-state index contributed by atoms with van der Waals surface area (Å²) in [5.74, 6) is 0.407. The maximum atomic E-state index is 10.0. The van der Waals surface area contributed by atoms with Crippen molar-refractivity contribution in [2.45, 2.75) is 38.8 Å². The third kappa shape index (κ3) is 3.79. The standard InChI is InChI=1S/C16H22N2O/c1-16(2,19)15-7-9-18(10-8-15)12-14-5-3-13(11-17)4-6-14/h3-6,15,19H,7-10,12H2,1-2H3. The third-order valence-electron chi connectivity index (χ3n) is 4.08. The number of piperidine rings is 1. The molecule has 1 saturated heterocycles. The molecule has 3 nitrogen and oxygen atoms in total. The van der Waals surface area contributed by atoms with Crippen LogP contribution in [-0.4, -0.2) is 28.7 Å². The van der Waals surface area contributed by atoms with Crippen molar-refractivity contribution in [1.29, 1.82) is 5.26 Å². The summed E-state index contributed by atoms with van der Waals surface area (Å²) in [7, 11) is 0. The molecule has 1 aliphatic heterocycles. The number of hydrogen-bond donors (Lipinski definition) is 1. The number of nitrogens with zero attached hydrogens (tertiary/aromatic N) is 2. The molecule has 3 heteroatoms. The zero-order chi connectivity index (χ0) is 13.9. The fourth-order valence-electron chi connectivity index (χ4n) is 2.74. The van der Waals surface area contributed by atoms with Crippen LogP contribution in [0.1, 0.15) is 37.8 Å². The molecule has 1 heterocycles. The largest absolute Gasteiger partial charge is 0.390 e. The first-order valence-electron chi connectivity index (χ1n) is 6.93. The molecule has 0 aromatic heterocycles. The van der Waals surface area contributed by atoms with Gasteiger partial charge in [-0.3, -0.25) is 4.90 Å². The number of rotatable bonds is 3. The van der Waals surface area contributed by atoms with Crippen molar-refractivity contribution in [2.75, 3.05) is 13.1 Å². The van der Waals surface area contributed by atoms with E-state index in [0.717, 1.165) is 32.5 Å². The highest BCUT2D eigenvalue weighted by Crippen LogP contribution is 2.28. The van der Waals surface area contributed by atoms with E-state index in [1.54, 1.807) is 0 Å². The summed E-state index contributed by atoms with van der Waals surface area (Å²) in [6.45, 7) is 6.83. The summed E-state index contributed by atoms with van der Waals surface area (Å²) < 4.78 is 0. The molecule has 0 radical (unpaired) electrons. The highest BCUT2D eigenvalue weighted by molar-refractivity contribution is 5.31. The molecule has 0 saturated carbocycles. The molecule has 1 N–H and O–H groups in total. The summed E-state index contributed by atoms with van der Waals surface area (Å²) in [4.78, 5) is 2.42. The lowest BCUT2D eigenvalue weighted by atomic mass is 9.83. The molecule has 0 aliphatic carbocycles. The lowest BCUT2D eigenvalue weighted by Crippen LogP contribution is -2.41. The zero-order valence-electron chi connectivity index (χ0n) is 11.8. The smallest absolute Gasteiger partial charge is 0.0991 e. The van der Waals surface area contributed by atoms with Crippen molar-refractivity contribution in [1.82, 2.24) is 4.90 Å². The highest BCUT2D eigenvalue weighted by Gasteiger charge is 2.30. The molecule has 0 spiro atoms. The van der Waals surface area contributed by atoms with E-state index in [4.69, 9.17) is 5.26 Å². The monoisotopic (exact) mass is 258 g/mol. The summed E-state index contributed by atoms with van der Waals surface area (Å²) in [5, 5.41) is 18.8. The first-order valence-corrected chi connectivity index (χ1v) is 6.93. The second-order valence-electron chi connectivity index (χ2n) is 6.01. The van der Waals surface area contributed by atoms with Gasteiger partial charge in [0.05, 0.1) is 17.2 Å². The van der Waals surface area contributed by atoms with Gasteiger partial charge in [0.1, 0.15) is 0 Å². The molecule has 0 amide bonds. The van der Waals surface area contributed by atoms with E-state index < -0.39 is 5.60 Å². The molecule has 2 rings (SSSR count). The summed E-state index contributed by atoms with van der Waals surface area (Å²) >= 11 is 0. The van der Waals surface area contributed by atoms with Gasteiger partial charge in [-0.1, -0.05) is 12.1 Å². The lowest BCUT2D eigenvalue weighted by Gasteiger charge is -2.37.